The van der Waals surface area contributed by atoms with E-state index >= 15 is 0 Å². The lowest BCUT2D eigenvalue weighted by Gasteiger charge is -2.08. The van der Waals surface area contributed by atoms with E-state index in [0.717, 1.165) is 8.04 Å². The van der Waals surface area contributed by atoms with Crippen LogP contribution in [-0.4, -0.2) is 14.3 Å². The van der Waals surface area contributed by atoms with Crippen LogP contribution in [0, 0.1) is 3.57 Å². The first-order chi connectivity index (χ1) is 9.77. The molecule has 2 aromatic rings. The molecule has 0 saturated carbocycles. The van der Waals surface area contributed by atoms with E-state index in [-0.39, 0.29) is 10.8 Å². The summed E-state index contributed by atoms with van der Waals surface area (Å²) < 4.78 is 23.9. The highest BCUT2D eigenvalue weighted by atomic mass is 127. The molecule has 8 heteroatoms. The van der Waals surface area contributed by atoms with Crippen LogP contribution in [0.2, 0.25) is 0 Å². The molecule has 110 valence electrons. The van der Waals surface area contributed by atoms with Gasteiger partial charge in [-0.15, -0.1) is 0 Å². The van der Waals surface area contributed by atoms with Gasteiger partial charge in [0.25, 0.3) is 15.0 Å². The maximum atomic E-state index is 12.2. The number of carbonyl (C=O) groups excluding carboxylic acids is 1. The monoisotopic (exact) mass is 499 g/mol. The molecule has 0 fully saturated rings. The zero-order chi connectivity index (χ0) is 15.6. The lowest BCUT2D eigenvalue weighted by atomic mass is 10.2. The number of carbonyl (C=O) groups is 1. The fourth-order valence-corrected chi connectivity index (χ4v) is 3.28. The second kappa shape index (κ2) is 6.64. The Morgan fingerprint density at radius 3 is 2.33 bits per heavy atom. The van der Waals surface area contributed by atoms with E-state index in [2.05, 4.69) is 43.8 Å². The van der Waals surface area contributed by atoms with Crippen LogP contribution in [0.4, 0.5) is 5.69 Å². The Labute approximate surface area is 148 Å². The topological polar surface area (TPSA) is 63.2 Å². The number of benzene rings is 2. The molecule has 0 aliphatic rings. The van der Waals surface area contributed by atoms with E-state index in [1.165, 1.54) is 24.3 Å². The molecule has 1 N–H and O–H groups in total. The number of nitrogens with one attached hydrogen (secondary N) is 1. The smallest absolute Gasteiger partial charge is 0.261 e. The summed E-state index contributed by atoms with van der Waals surface area (Å²) >= 11 is 5.39. The van der Waals surface area contributed by atoms with Crippen molar-refractivity contribution < 1.29 is 13.2 Å². The highest BCUT2D eigenvalue weighted by molar-refractivity contribution is 14.1. The van der Waals surface area contributed by atoms with Crippen LogP contribution in [0.15, 0.2) is 51.8 Å². The lowest BCUT2D eigenvalue weighted by molar-refractivity contribution is 0.102. The molecule has 2 aromatic carbocycles. The fraction of sp³-hybridized carbons (Fsp3) is 0. The van der Waals surface area contributed by atoms with Crippen molar-refractivity contribution in [1.82, 2.24) is 0 Å². The third-order valence-corrected chi connectivity index (χ3v) is 5.37. The standard InChI is InChI=1S/C13H8BrClINO3S/c14-8-1-6-12(16)11(7-8)13(18)17-9-2-4-10(5-3-9)21(15,19)20/h1-7H,(H,17,18). The predicted octanol–water partition coefficient (Wildman–Crippen LogP) is 4.23. The molecule has 1 amide bonds. The molecule has 0 heterocycles. The summed E-state index contributed by atoms with van der Waals surface area (Å²) in [6.45, 7) is 0. The van der Waals surface area contributed by atoms with Gasteiger partial charge in [0.15, 0.2) is 0 Å². The number of halogens is 3. The summed E-state index contributed by atoms with van der Waals surface area (Å²) in [5, 5.41) is 2.70. The number of hydrogen-bond acceptors (Lipinski definition) is 3. The second-order valence-corrected chi connectivity index (χ2v) is 8.68. The Hall–Kier alpha value is -0.640. The van der Waals surface area contributed by atoms with Crippen LogP contribution in [-0.2, 0) is 9.05 Å². The van der Waals surface area contributed by atoms with Crippen LogP contribution in [0.1, 0.15) is 10.4 Å². The summed E-state index contributed by atoms with van der Waals surface area (Å²) in [5.41, 5.74) is 1.01. The van der Waals surface area contributed by atoms with Crippen LogP contribution < -0.4 is 5.32 Å². The first-order valence-corrected chi connectivity index (χ1v) is 9.76. The van der Waals surface area contributed by atoms with Crippen LogP contribution in [0.5, 0.6) is 0 Å². The molecule has 0 unspecified atom stereocenters. The highest BCUT2D eigenvalue weighted by Gasteiger charge is 2.12. The van der Waals surface area contributed by atoms with E-state index in [4.69, 9.17) is 10.7 Å². The summed E-state index contributed by atoms with van der Waals surface area (Å²) in [6, 6.07) is 11.0. The van der Waals surface area contributed by atoms with Crippen molar-refractivity contribution in [3.63, 3.8) is 0 Å². The van der Waals surface area contributed by atoms with Crippen LogP contribution in [0.25, 0.3) is 0 Å². The van der Waals surface area contributed by atoms with Gasteiger partial charge in [0.2, 0.25) is 0 Å². The molecule has 0 atom stereocenters. The Kier molecular flexibility index (Phi) is 5.29. The van der Waals surface area contributed by atoms with Crippen LogP contribution >= 0.6 is 49.2 Å². The lowest BCUT2D eigenvalue weighted by Crippen LogP contribution is -2.13. The molecule has 21 heavy (non-hydrogen) atoms. The van der Waals surface area contributed by atoms with E-state index in [1.807, 2.05) is 12.1 Å². The molecule has 0 aliphatic carbocycles. The first-order valence-electron chi connectivity index (χ1n) is 5.58. The van der Waals surface area contributed by atoms with Crippen LogP contribution in [0.3, 0.4) is 0 Å². The SMILES string of the molecule is O=C(Nc1ccc(S(=O)(=O)Cl)cc1)c1cc(Br)ccc1I. The Balaban J connectivity index is 2.22. The molecule has 0 aliphatic heterocycles. The van der Waals surface area contributed by atoms with Gasteiger partial charge in [-0.3, -0.25) is 4.79 Å². The summed E-state index contributed by atoms with van der Waals surface area (Å²) in [4.78, 5) is 12.2. The Morgan fingerprint density at radius 1 is 1.14 bits per heavy atom. The number of rotatable bonds is 3. The number of anilines is 1. The number of amides is 1. The molecular formula is C13H8BrClINO3S. The van der Waals surface area contributed by atoms with Gasteiger partial charge in [-0.2, -0.15) is 0 Å². The first kappa shape index (κ1) is 16.7. The molecule has 0 bridgehead atoms. The summed E-state index contributed by atoms with van der Waals surface area (Å²) in [6.07, 6.45) is 0. The van der Waals surface area contributed by atoms with E-state index < -0.39 is 9.05 Å². The zero-order valence-electron chi connectivity index (χ0n) is 10.3. The largest absolute Gasteiger partial charge is 0.322 e. The molecular weight excluding hydrogens is 492 g/mol. The molecule has 0 saturated heterocycles. The van der Waals surface area contributed by atoms with E-state index in [0.29, 0.717) is 11.3 Å². The van der Waals surface area contributed by atoms with Crippen molar-refractivity contribution in [3.8, 4) is 0 Å². The maximum Gasteiger partial charge on any atom is 0.261 e. The molecule has 0 spiro atoms. The van der Waals surface area contributed by atoms with Gasteiger partial charge in [0, 0.05) is 24.4 Å². The zero-order valence-corrected chi connectivity index (χ0v) is 15.6. The van der Waals surface area contributed by atoms with Gasteiger partial charge in [0.05, 0.1) is 10.5 Å². The van der Waals surface area contributed by atoms with Gasteiger partial charge in [0.1, 0.15) is 0 Å². The quantitative estimate of drug-likeness (QED) is 0.507. The minimum absolute atomic E-state index is 0.0146. The maximum absolute atomic E-state index is 12.2. The normalized spacial score (nSPS) is 11.2. The van der Waals surface area contributed by atoms with Crippen molar-refractivity contribution in [2.75, 3.05) is 5.32 Å². The van der Waals surface area contributed by atoms with Crippen molar-refractivity contribution in [2.24, 2.45) is 0 Å². The molecule has 4 nitrogen and oxygen atoms in total. The Bertz CT molecular complexity index is 794. The van der Waals surface area contributed by atoms with E-state index in [9.17, 15) is 13.2 Å². The average Bonchev–Trinajstić information content (AvgIpc) is 2.41. The summed E-state index contributed by atoms with van der Waals surface area (Å²) in [7, 11) is 1.47. The van der Waals surface area contributed by atoms with Gasteiger partial charge in [-0.05, 0) is 65.1 Å². The minimum Gasteiger partial charge on any atom is -0.322 e. The second-order valence-electron chi connectivity index (χ2n) is 4.04. The van der Waals surface area contributed by atoms with Crippen molar-refractivity contribution in [1.29, 1.82) is 0 Å². The predicted molar refractivity (Wildman–Crippen MR) is 94.3 cm³/mol. The van der Waals surface area contributed by atoms with Crippen molar-refractivity contribution in [2.45, 2.75) is 4.90 Å². The van der Waals surface area contributed by atoms with Crippen molar-refractivity contribution >= 4 is 69.8 Å². The van der Waals surface area contributed by atoms with Gasteiger partial charge >= 0.3 is 0 Å². The minimum atomic E-state index is -3.76. The van der Waals surface area contributed by atoms with Gasteiger partial charge in [-0.1, -0.05) is 15.9 Å². The highest BCUT2D eigenvalue weighted by Crippen LogP contribution is 2.21. The van der Waals surface area contributed by atoms with Crippen molar-refractivity contribution in [3.05, 3.63) is 56.1 Å². The molecule has 0 radical (unpaired) electrons. The Morgan fingerprint density at radius 2 is 1.76 bits per heavy atom. The van der Waals surface area contributed by atoms with E-state index in [1.54, 1.807) is 6.07 Å². The molecule has 0 aromatic heterocycles. The fourth-order valence-electron chi connectivity index (χ4n) is 1.57. The average molecular weight is 501 g/mol. The number of hydrogen-bond donors (Lipinski definition) is 1. The summed E-state index contributed by atoms with van der Waals surface area (Å²) in [5.74, 6) is -0.276. The molecule has 2 rings (SSSR count). The third kappa shape index (κ3) is 4.41. The van der Waals surface area contributed by atoms with Gasteiger partial charge in [-0.25, -0.2) is 8.42 Å². The third-order valence-electron chi connectivity index (χ3n) is 2.57. The van der Waals surface area contributed by atoms with Gasteiger partial charge < -0.3 is 5.32 Å².